The van der Waals surface area contributed by atoms with E-state index < -0.39 is 17.6 Å². The van der Waals surface area contributed by atoms with E-state index >= 15 is 0 Å². The highest BCUT2D eigenvalue weighted by atomic mass is 19.4. The van der Waals surface area contributed by atoms with Gasteiger partial charge in [-0.1, -0.05) is 0 Å². The molecule has 0 bridgehead atoms. The molecule has 0 saturated heterocycles. The van der Waals surface area contributed by atoms with Gasteiger partial charge in [0, 0.05) is 47.7 Å². The molecular weight excluding hydrogens is 386 g/mol. The molecule has 8 heteroatoms. The molecule has 4 rings (SSSR count). The van der Waals surface area contributed by atoms with Crippen molar-refractivity contribution in [3.8, 4) is 11.3 Å². The summed E-state index contributed by atoms with van der Waals surface area (Å²) >= 11 is 0. The maximum Gasteiger partial charge on any atom is 0.416 e. The number of amides is 1. The molecule has 1 aliphatic heterocycles. The Kier molecular flexibility index (Phi) is 4.56. The Morgan fingerprint density at radius 2 is 1.90 bits per heavy atom. The number of benzene rings is 1. The summed E-state index contributed by atoms with van der Waals surface area (Å²) < 4.78 is 52.6. The second-order valence-electron chi connectivity index (χ2n) is 6.88. The van der Waals surface area contributed by atoms with Crippen molar-refractivity contribution in [2.24, 2.45) is 0 Å². The third kappa shape index (κ3) is 3.70. The van der Waals surface area contributed by atoms with Crippen LogP contribution in [0.3, 0.4) is 0 Å². The van der Waals surface area contributed by atoms with Gasteiger partial charge in [0.1, 0.15) is 5.82 Å². The molecule has 4 nitrogen and oxygen atoms in total. The number of nitrogens with zero attached hydrogens (tertiary/aromatic N) is 2. The first-order valence-electron chi connectivity index (χ1n) is 8.81. The summed E-state index contributed by atoms with van der Waals surface area (Å²) in [6, 6.07) is 5.82. The highest BCUT2D eigenvalue weighted by molar-refractivity contribution is 6.00. The molecule has 1 aliphatic rings. The van der Waals surface area contributed by atoms with Crippen LogP contribution in [0.25, 0.3) is 11.3 Å². The van der Waals surface area contributed by atoms with E-state index in [1.54, 1.807) is 24.5 Å². The molecule has 3 aromatic rings. The summed E-state index contributed by atoms with van der Waals surface area (Å²) in [5.74, 6) is -1.12. The van der Waals surface area contributed by atoms with Gasteiger partial charge in [0.05, 0.1) is 11.3 Å². The molecule has 0 saturated carbocycles. The number of pyridine rings is 2. The van der Waals surface area contributed by atoms with Crippen molar-refractivity contribution in [1.29, 1.82) is 0 Å². The second-order valence-corrected chi connectivity index (χ2v) is 6.88. The van der Waals surface area contributed by atoms with E-state index in [2.05, 4.69) is 15.3 Å². The number of halogens is 4. The molecule has 0 unspecified atom stereocenters. The number of hydrogen-bond donors (Lipinski definition) is 1. The van der Waals surface area contributed by atoms with Crippen molar-refractivity contribution in [1.82, 2.24) is 15.3 Å². The lowest BCUT2D eigenvalue weighted by Crippen LogP contribution is -2.12. The van der Waals surface area contributed by atoms with E-state index in [4.69, 9.17) is 0 Å². The van der Waals surface area contributed by atoms with Crippen molar-refractivity contribution >= 4 is 5.91 Å². The molecule has 0 spiro atoms. The maximum atomic E-state index is 13.7. The highest BCUT2D eigenvalue weighted by Gasteiger charge is 2.31. The first kappa shape index (κ1) is 19.0. The molecule has 29 heavy (non-hydrogen) atoms. The Morgan fingerprint density at radius 1 is 1.10 bits per heavy atom. The van der Waals surface area contributed by atoms with Gasteiger partial charge < -0.3 is 5.32 Å². The van der Waals surface area contributed by atoms with Gasteiger partial charge in [-0.3, -0.25) is 14.8 Å². The summed E-state index contributed by atoms with van der Waals surface area (Å²) in [5, 5.41) is 2.75. The Bertz CT molecular complexity index is 1130. The van der Waals surface area contributed by atoms with Crippen LogP contribution >= 0.6 is 0 Å². The number of carbonyl (C=O) groups excluding carboxylic acids is 1. The lowest BCUT2D eigenvalue weighted by atomic mass is 9.98. The molecule has 0 aliphatic carbocycles. The van der Waals surface area contributed by atoms with E-state index in [-0.39, 0.29) is 17.9 Å². The van der Waals surface area contributed by atoms with Crippen molar-refractivity contribution in [2.45, 2.75) is 26.1 Å². The zero-order valence-corrected chi connectivity index (χ0v) is 15.3. The fraction of sp³-hybridized carbons (Fsp3) is 0.190. The molecule has 1 amide bonds. The Balaban J connectivity index is 1.73. The van der Waals surface area contributed by atoms with Gasteiger partial charge in [-0.25, -0.2) is 4.39 Å². The van der Waals surface area contributed by atoms with Gasteiger partial charge in [0.2, 0.25) is 0 Å². The Labute approximate surface area is 163 Å². The van der Waals surface area contributed by atoms with Crippen LogP contribution in [0.4, 0.5) is 17.6 Å². The average molecular weight is 401 g/mol. The number of rotatable bonds is 3. The largest absolute Gasteiger partial charge is 0.416 e. The van der Waals surface area contributed by atoms with Crippen molar-refractivity contribution in [2.75, 3.05) is 0 Å². The molecule has 3 heterocycles. The smallest absolute Gasteiger partial charge is 0.348 e. The van der Waals surface area contributed by atoms with Gasteiger partial charge >= 0.3 is 6.18 Å². The van der Waals surface area contributed by atoms with E-state index in [0.29, 0.717) is 29.6 Å². The third-order valence-electron chi connectivity index (χ3n) is 4.81. The van der Waals surface area contributed by atoms with Crippen LogP contribution in [-0.4, -0.2) is 15.9 Å². The standard InChI is InChI=1S/C21H15F4N3O/c1-11-9-27-15(6-12-4-13(21(23,24)25)7-14(22)5-12)8-17(11)19-18-10-28-20(29)16(18)2-3-26-19/h2-5,7-9H,6,10H2,1H3,(H,28,29). The molecular formula is C21H15F4N3O. The maximum absolute atomic E-state index is 13.7. The average Bonchev–Trinajstić information content (AvgIpc) is 3.04. The topological polar surface area (TPSA) is 54.9 Å². The minimum atomic E-state index is -4.63. The quantitative estimate of drug-likeness (QED) is 0.660. The number of fused-ring (bicyclic) bond motifs is 1. The summed E-state index contributed by atoms with van der Waals surface area (Å²) in [6.45, 7) is 2.19. The lowest BCUT2D eigenvalue weighted by Gasteiger charge is -2.12. The number of nitrogens with one attached hydrogen (secondary N) is 1. The normalized spacial score (nSPS) is 13.3. The van der Waals surface area contributed by atoms with Gasteiger partial charge in [-0.2, -0.15) is 13.2 Å². The van der Waals surface area contributed by atoms with Gasteiger partial charge in [-0.15, -0.1) is 0 Å². The van der Waals surface area contributed by atoms with Gasteiger partial charge in [0.15, 0.2) is 0 Å². The molecule has 0 atom stereocenters. The van der Waals surface area contributed by atoms with Crippen LogP contribution in [-0.2, 0) is 19.1 Å². The van der Waals surface area contributed by atoms with Gasteiger partial charge in [0.25, 0.3) is 5.91 Å². The van der Waals surface area contributed by atoms with E-state index in [0.717, 1.165) is 28.8 Å². The van der Waals surface area contributed by atoms with Crippen LogP contribution in [0.15, 0.2) is 42.7 Å². The van der Waals surface area contributed by atoms with E-state index in [9.17, 15) is 22.4 Å². The van der Waals surface area contributed by atoms with Gasteiger partial charge in [-0.05, 0) is 48.4 Å². The summed E-state index contributed by atoms with van der Waals surface area (Å²) in [6.07, 6.45) is -1.46. The summed E-state index contributed by atoms with van der Waals surface area (Å²) in [4.78, 5) is 20.6. The zero-order valence-electron chi connectivity index (χ0n) is 15.3. The number of hydrogen-bond acceptors (Lipinski definition) is 3. The lowest BCUT2D eigenvalue weighted by molar-refractivity contribution is -0.137. The Hall–Kier alpha value is -3.29. The molecule has 2 aromatic heterocycles. The predicted octanol–water partition coefficient (Wildman–Crippen LogP) is 4.44. The van der Waals surface area contributed by atoms with Crippen LogP contribution in [0.2, 0.25) is 0 Å². The number of aryl methyl sites for hydroxylation is 1. The van der Waals surface area contributed by atoms with E-state index in [1.807, 2.05) is 6.92 Å². The van der Waals surface area contributed by atoms with Crippen molar-refractivity contribution in [3.05, 3.63) is 82.1 Å². The fourth-order valence-electron chi connectivity index (χ4n) is 3.42. The zero-order chi connectivity index (χ0) is 20.8. The number of carbonyl (C=O) groups is 1. The second kappa shape index (κ2) is 6.95. The molecule has 148 valence electrons. The first-order valence-corrected chi connectivity index (χ1v) is 8.81. The number of alkyl halides is 3. The predicted molar refractivity (Wildman–Crippen MR) is 97.6 cm³/mol. The minimum absolute atomic E-state index is 0.0281. The molecule has 1 aromatic carbocycles. The van der Waals surface area contributed by atoms with Crippen LogP contribution < -0.4 is 5.32 Å². The SMILES string of the molecule is Cc1cnc(Cc2cc(F)cc(C(F)(F)F)c2)cc1-c1nccc2c1CNC2=O. The number of aromatic nitrogens is 2. The van der Waals surface area contributed by atoms with Crippen LogP contribution in [0.5, 0.6) is 0 Å². The third-order valence-corrected chi connectivity index (χ3v) is 4.81. The van der Waals surface area contributed by atoms with Crippen LogP contribution in [0, 0.1) is 12.7 Å². The Morgan fingerprint density at radius 3 is 2.66 bits per heavy atom. The molecule has 0 fully saturated rings. The summed E-state index contributed by atoms with van der Waals surface area (Å²) in [5.41, 5.74) is 3.09. The minimum Gasteiger partial charge on any atom is -0.348 e. The van der Waals surface area contributed by atoms with Crippen molar-refractivity contribution in [3.63, 3.8) is 0 Å². The molecule has 1 N–H and O–H groups in total. The van der Waals surface area contributed by atoms with E-state index in [1.165, 1.54) is 0 Å². The molecule has 0 radical (unpaired) electrons. The van der Waals surface area contributed by atoms with Crippen LogP contribution in [0.1, 0.15) is 38.3 Å². The van der Waals surface area contributed by atoms with Crippen molar-refractivity contribution < 1.29 is 22.4 Å². The summed E-state index contributed by atoms with van der Waals surface area (Å²) in [7, 11) is 0. The first-order chi connectivity index (χ1) is 13.7. The fourth-order valence-corrected chi connectivity index (χ4v) is 3.42. The monoisotopic (exact) mass is 401 g/mol. The highest BCUT2D eigenvalue weighted by Crippen LogP contribution is 2.32.